The summed E-state index contributed by atoms with van der Waals surface area (Å²) in [6.45, 7) is 3.48. The standard InChI is InChI=1S/C4H5N3/c1-3-4(5)7-2-6-3/h2H,1H2,(H2,5,6,7). The maximum absolute atomic E-state index is 5.20. The number of nitrogens with zero attached hydrogens (tertiary/aromatic N) is 2. The zero-order chi connectivity index (χ0) is 5.28. The predicted molar refractivity (Wildman–Crippen MR) is 29.3 cm³/mol. The molecule has 3 nitrogen and oxygen atoms in total. The molecule has 1 aliphatic heterocycles. The molecule has 1 rings (SSSR count). The lowest BCUT2D eigenvalue weighted by atomic mass is 10.5. The Morgan fingerprint density at radius 1 is 1.71 bits per heavy atom. The summed E-state index contributed by atoms with van der Waals surface area (Å²) in [6.07, 6.45) is 1.39. The Hall–Kier alpha value is -1.12. The smallest absolute Gasteiger partial charge is 0.150 e. The molecule has 0 saturated carbocycles. The first-order valence-corrected chi connectivity index (χ1v) is 1.86. The van der Waals surface area contributed by atoms with Crippen molar-refractivity contribution < 1.29 is 0 Å². The van der Waals surface area contributed by atoms with Crippen molar-refractivity contribution in [2.75, 3.05) is 0 Å². The summed E-state index contributed by atoms with van der Waals surface area (Å²) in [5.41, 5.74) is 5.76. The van der Waals surface area contributed by atoms with Gasteiger partial charge in [-0.25, -0.2) is 9.98 Å². The molecule has 0 bridgehead atoms. The minimum atomic E-state index is 0.417. The molecule has 0 aliphatic carbocycles. The molecule has 0 aromatic heterocycles. The van der Waals surface area contributed by atoms with Crippen LogP contribution in [0.2, 0.25) is 0 Å². The van der Waals surface area contributed by atoms with Gasteiger partial charge in [-0.05, 0) is 0 Å². The van der Waals surface area contributed by atoms with Crippen LogP contribution in [0.1, 0.15) is 0 Å². The molecular formula is C4H5N3. The highest BCUT2D eigenvalue weighted by Crippen LogP contribution is 1.95. The van der Waals surface area contributed by atoms with E-state index in [1.807, 2.05) is 0 Å². The average molecular weight is 95.1 g/mol. The van der Waals surface area contributed by atoms with Gasteiger partial charge in [0, 0.05) is 0 Å². The van der Waals surface area contributed by atoms with Gasteiger partial charge in [-0.3, -0.25) is 0 Å². The molecule has 0 aromatic carbocycles. The van der Waals surface area contributed by atoms with Gasteiger partial charge in [-0.1, -0.05) is 6.58 Å². The fourth-order valence-corrected chi connectivity index (χ4v) is 0.301. The van der Waals surface area contributed by atoms with Gasteiger partial charge in [-0.15, -0.1) is 0 Å². The van der Waals surface area contributed by atoms with Gasteiger partial charge in [0.2, 0.25) is 0 Å². The molecule has 0 atom stereocenters. The van der Waals surface area contributed by atoms with Crippen LogP contribution in [0, 0.1) is 0 Å². The lowest BCUT2D eigenvalue weighted by Gasteiger charge is -1.83. The van der Waals surface area contributed by atoms with Crippen molar-refractivity contribution >= 4 is 12.2 Å². The second-order valence-electron chi connectivity index (χ2n) is 1.21. The van der Waals surface area contributed by atoms with E-state index in [0.29, 0.717) is 11.5 Å². The molecular weight excluding hydrogens is 90.1 g/mol. The lowest BCUT2D eigenvalue weighted by molar-refractivity contribution is 1.51. The van der Waals surface area contributed by atoms with Crippen molar-refractivity contribution in [1.29, 1.82) is 0 Å². The fourth-order valence-electron chi connectivity index (χ4n) is 0.301. The van der Waals surface area contributed by atoms with Crippen molar-refractivity contribution in [2.45, 2.75) is 0 Å². The molecule has 7 heavy (non-hydrogen) atoms. The van der Waals surface area contributed by atoms with Gasteiger partial charge in [0.1, 0.15) is 6.34 Å². The van der Waals surface area contributed by atoms with Gasteiger partial charge in [0.25, 0.3) is 0 Å². The first kappa shape index (κ1) is 4.05. The van der Waals surface area contributed by atoms with Crippen LogP contribution < -0.4 is 5.73 Å². The number of rotatable bonds is 0. The van der Waals surface area contributed by atoms with E-state index in [4.69, 9.17) is 5.73 Å². The second kappa shape index (κ2) is 1.18. The Morgan fingerprint density at radius 3 is 2.57 bits per heavy atom. The molecule has 1 aliphatic rings. The monoisotopic (exact) mass is 95.0 g/mol. The van der Waals surface area contributed by atoms with Gasteiger partial charge in [0.15, 0.2) is 5.84 Å². The van der Waals surface area contributed by atoms with E-state index in [0.717, 1.165) is 0 Å². The summed E-state index contributed by atoms with van der Waals surface area (Å²) in [5, 5.41) is 0. The summed E-state index contributed by atoms with van der Waals surface area (Å²) in [4.78, 5) is 7.29. The molecule has 3 heteroatoms. The molecule has 0 saturated heterocycles. The third-order valence-corrected chi connectivity index (χ3v) is 0.706. The van der Waals surface area contributed by atoms with E-state index in [1.54, 1.807) is 0 Å². The summed E-state index contributed by atoms with van der Waals surface area (Å²) >= 11 is 0. The van der Waals surface area contributed by atoms with Crippen LogP contribution in [0.15, 0.2) is 22.3 Å². The third kappa shape index (κ3) is 0.513. The van der Waals surface area contributed by atoms with Crippen LogP contribution in [0.3, 0.4) is 0 Å². The molecule has 36 valence electrons. The molecule has 2 N–H and O–H groups in total. The van der Waals surface area contributed by atoms with Crippen LogP contribution in [0.4, 0.5) is 0 Å². The average Bonchev–Trinajstić information content (AvgIpc) is 1.91. The zero-order valence-corrected chi connectivity index (χ0v) is 3.76. The minimum absolute atomic E-state index is 0.417. The first-order valence-electron chi connectivity index (χ1n) is 1.86. The predicted octanol–water partition coefficient (Wildman–Crippen LogP) is -0.101. The van der Waals surface area contributed by atoms with Crippen molar-refractivity contribution in [3.05, 3.63) is 12.3 Å². The Kier molecular flexibility index (Phi) is 0.685. The van der Waals surface area contributed by atoms with Crippen LogP contribution in [-0.2, 0) is 0 Å². The highest BCUT2D eigenvalue weighted by molar-refractivity contribution is 6.04. The van der Waals surface area contributed by atoms with E-state index >= 15 is 0 Å². The number of nitrogens with two attached hydrogens (primary N) is 1. The van der Waals surface area contributed by atoms with Gasteiger partial charge in [0.05, 0.1) is 5.70 Å². The first-order chi connectivity index (χ1) is 3.30. The van der Waals surface area contributed by atoms with Gasteiger partial charge >= 0.3 is 0 Å². The van der Waals surface area contributed by atoms with Crippen LogP contribution in [0.5, 0.6) is 0 Å². The Labute approximate surface area is 41.3 Å². The number of hydrogen-bond acceptors (Lipinski definition) is 3. The van der Waals surface area contributed by atoms with Gasteiger partial charge in [-0.2, -0.15) is 0 Å². The number of hydrogen-bond donors (Lipinski definition) is 1. The summed E-state index contributed by atoms with van der Waals surface area (Å²) in [6, 6.07) is 0. The van der Waals surface area contributed by atoms with Gasteiger partial charge < -0.3 is 5.73 Å². The molecule has 1 heterocycles. The van der Waals surface area contributed by atoms with E-state index in [9.17, 15) is 0 Å². The van der Waals surface area contributed by atoms with Crippen molar-refractivity contribution in [3.8, 4) is 0 Å². The highest BCUT2D eigenvalue weighted by Gasteiger charge is 1.98. The van der Waals surface area contributed by atoms with Crippen molar-refractivity contribution in [3.63, 3.8) is 0 Å². The largest absolute Gasteiger partial charge is 0.382 e. The van der Waals surface area contributed by atoms with Crippen molar-refractivity contribution in [2.24, 2.45) is 15.7 Å². The van der Waals surface area contributed by atoms with E-state index in [1.165, 1.54) is 6.34 Å². The van der Waals surface area contributed by atoms with Crippen molar-refractivity contribution in [1.82, 2.24) is 0 Å². The summed E-state index contributed by atoms with van der Waals surface area (Å²) in [7, 11) is 0. The third-order valence-electron chi connectivity index (χ3n) is 0.706. The number of aliphatic imine (C=N–C) groups is 2. The summed E-state index contributed by atoms with van der Waals surface area (Å²) in [5.74, 6) is 0.417. The maximum Gasteiger partial charge on any atom is 0.150 e. The molecule has 0 radical (unpaired) electrons. The van der Waals surface area contributed by atoms with Crippen LogP contribution >= 0.6 is 0 Å². The fraction of sp³-hybridized carbons (Fsp3) is 0. The molecule has 0 aromatic rings. The Bertz CT molecular complexity index is 154. The van der Waals surface area contributed by atoms with Crippen LogP contribution in [0.25, 0.3) is 0 Å². The zero-order valence-electron chi connectivity index (χ0n) is 3.76. The lowest BCUT2D eigenvalue weighted by Crippen LogP contribution is -2.08. The SMILES string of the molecule is C=C1N=CN=C1N. The normalized spacial score (nSPS) is 17.7. The quantitative estimate of drug-likeness (QED) is 0.448. The van der Waals surface area contributed by atoms with E-state index in [-0.39, 0.29) is 0 Å². The topological polar surface area (TPSA) is 50.7 Å². The Morgan fingerprint density at radius 2 is 2.43 bits per heavy atom. The number of amidine groups is 1. The molecule has 0 unspecified atom stereocenters. The van der Waals surface area contributed by atoms with E-state index in [2.05, 4.69) is 16.6 Å². The van der Waals surface area contributed by atoms with Crippen LogP contribution in [-0.4, -0.2) is 12.2 Å². The maximum atomic E-state index is 5.20. The van der Waals surface area contributed by atoms with E-state index < -0.39 is 0 Å². The summed E-state index contributed by atoms with van der Waals surface area (Å²) < 4.78 is 0. The minimum Gasteiger partial charge on any atom is -0.382 e. The Balaban J connectivity index is 2.89. The molecule has 0 amide bonds. The second-order valence-corrected chi connectivity index (χ2v) is 1.21. The molecule has 0 spiro atoms. The highest BCUT2D eigenvalue weighted by atomic mass is 15.0. The molecule has 0 fully saturated rings.